The standard InChI is InChI=1S/C11H18O4/c1-6-7-9(12)15-11(4,5)10(13)14-8(2)3/h6-8H,1-5H3. The number of esters is 2. The van der Waals surface area contributed by atoms with Crippen molar-refractivity contribution in [3.63, 3.8) is 0 Å². The lowest BCUT2D eigenvalue weighted by Gasteiger charge is -2.23. The van der Waals surface area contributed by atoms with E-state index in [0.717, 1.165) is 0 Å². The fourth-order valence-corrected chi connectivity index (χ4v) is 0.819. The van der Waals surface area contributed by atoms with Crippen molar-refractivity contribution in [2.75, 3.05) is 0 Å². The lowest BCUT2D eigenvalue weighted by atomic mass is 10.1. The van der Waals surface area contributed by atoms with Crippen LogP contribution in [0.3, 0.4) is 0 Å². The molecule has 0 aromatic rings. The maximum absolute atomic E-state index is 11.5. The maximum atomic E-state index is 11.5. The quantitative estimate of drug-likeness (QED) is 0.529. The molecule has 86 valence electrons. The van der Waals surface area contributed by atoms with Crippen molar-refractivity contribution in [2.24, 2.45) is 0 Å². The molecule has 0 aliphatic carbocycles. The van der Waals surface area contributed by atoms with E-state index in [1.54, 1.807) is 26.8 Å². The van der Waals surface area contributed by atoms with Gasteiger partial charge in [-0.2, -0.15) is 0 Å². The van der Waals surface area contributed by atoms with Gasteiger partial charge >= 0.3 is 11.9 Å². The zero-order valence-corrected chi connectivity index (χ0v) is 9.87. The average Bonchev–Trinajstić information content (AvgIpc) is 2.01. The summed E-state index contributed by atoms with van der Waals surface area (Å²) < 4.78 is 9.89. The highest BCUT2D eigenvalue weighted by Crippen LogP contribution is 2.13. The van der Waals surface area contributed by atoms with Crippen molar-refractivity contribution in [1.29, 1.82) is 0 Å². The molecule has 0 saturated heterocycles. The summed E-state index contributed by atoms with van der Waals surface area (Å²) in [6.45, 7) is 8.17. The van der Waals surface area contributed by atoms with Crippen LogP contribution in [0, 0.1) is 0 Å². The molecule has 4 heteroatoms. The van der Waals surface area contributed by atoms with E-state index in [4.69, 9.17) is 9.47 Å². The second-order valence-electron chi connectivity index (χ2n) is 3.89. The highest BCUT2D eigenvalue weighted by Gasteiger charge is 2.33. The Balaban J connectivity index is 4.40. The molecule has 0 spiro atoms. The molecule has 0 aliphatic rings. The van der Waals surface area contributed by atoms with Crippen LogP contribution < -0.4 is 0 Å². The number of carbonyl (C=O) groups excluding carboxylic acids is 2. The van der Waals surface area contributed by atoms with Gasteiger partial charge in [0, 0.05) is 6.08 Å². The lowest BCUT2D eigenvalue weighted by molar-refractivity contribution is -0.178. The summed E-state index contributed by atoms with van der Waals surface area (Å²) in [6, 6.07) is 0. The highest BCUT2D eigenvalue weighted by atomic mass is 16.6. The molecule has 15 heavy (non-hydrogen) atoms. The summed E-state index contributed by atoms with van der Waals surface area (Å²) >= 11 is 0. The minimum atomic E-state index is -1.25. The van der Waals surface area contributed by atoms with Crippen LogP contribution in [-0.2, 0) is 19.1 Å². The molecule has 0 bridgehead atoms. The number of hydrogen-bond acceptors (Lipinski definition) is 4. The molecule has 0 amide bonds. The third-order valence-corrected chi connectivity index (χ3v) is 1.49. The number of rotatable bonds is 4. The Hall–Kier alpha value is -1.32. The van der Waals surface area contributed by atoms with E-state index < -0.39 is 17.5 Å². The molecule has 0 N–H and O–H groups in total. The topological polar surface area (TPSA) is 52.6 Å². The molecule has 0 radical (unpaired) electrons. The fourth-order valence-electron chi connectivity index (χ4n) is 0.819. The largest absolute Gasteiger partial charge is 0.460 e. The van der Waals surface area contributed by atoms with Crippen LogP contribution in [0.25, 0.3) is 0 Å². The highest BCUT2D eigenvalue weighted by molar-refractivity contribution is 5.87. The van der Waals surface area contributed by atoms with Crippen LogP contribution in [0.4, 0.5) is 0 Å². The zero-order valence-electron chi connectivity index (χ0n) is 9.87. The van der Waals surface area contributed by atoms with Gasteiger partial charge in [0.05, 0.1) is 6.10 Å². The number of hydrogen-bond donors (Lipinski definition) is 0. The van der Waals surface area contributed by atoms with Crippen molar-refractivity contribution < 1.29 is 19.1 Å². The van der Waals surface area contributed by atoms with Crippen LogP contribution in [0.5, 0.6) is 0 Å². The Morgan fingerprint density at radius 2 is 1.80 bits per heavy atom. The van der Waals surface area contributed by atoms with Gasteiger partial charge in [0.25, 0.3) is 0 Å². The predicted octanol–water partition coefficient (Wildman–Crippen LogP) is 1.84. The van der Waals surface area contributed by atoms with Gasteiger partial charge in [0.2, 0.25) is 5.60 Å². The van der Waals surface area contributed by atoms with Gasteiger partial charge in [-0.05, 0) is 34.6 Å². The second-order valence-corrected chi connectivity index (χ2v) is 3.89. The van der Waals surface area contributed by atoms with Gasteiger partial charge in [-0.3, -0.25) is 0 Å². The Labute approximate surface area is 90.2 Å². The first-order valence-corrected chi connectivity index (χ1v) is 4.86. The fraction of sp³-hybridized carbons (Fsp3) is 0.636. The van der Waals surface area contributed by atoms with Crippen LogP contribution in [0.1, 0.15) is 34.6 Å². The van der Waals surface area contributed by atoms with Gasteiger partial charge < -0.3 is 9.47 Å². The van der Waals surface area contributed by atoms with Crippen molar-refractivity contribution in [3.05, 3.63) is 12.2 Å². The van der Waals surface area contributed by atoms with Crippen molar-refractivity contribution in [2.45, 2.75) is 46.3 Å². The van der Waals surface area contributed by atoms with Gasteiger partial charge in [-0.25, -0.2) is 9.59 Å². The first-order valence-electron chi connectivity index (χ1n) is 4.86. The molecule has 0 aliphatic heterocycles. The van der Waals surface area contributed by atoms with E-state index in [1.165, 1.54) is 19.9 Å². The minimum absolute atomic E-state index is 0.225. The summed E-state index contributed by atoms with van der Waals surface area (Å²) in [4.78, 5) is 22.6. The van der Waals surface area contributed by atoms with E-state index in [-0.39, 0.29) is 6.10 Å². The van der Waals surface area contributed by atoms with E-state index in [2.05, 4.69) is 0 Å². The summed E-state index contributed by atoms with van der Waals surface area (Å²) in [5.41, 5.74) is -1.25. The Bertz CT molecular complexity index is 264. The third-order valence-electron chi connectivity index (χ3n) is 1.49. The van der Waals surface area contributed by atoms with Crippen LogP contribution in [0.2, 0.25) is 0 Å². The lowest BCUT2D eigenvalue weighted by Crippen LogP contribution is -2.39. The summed E-state index contributed by atoms with van der Waals surface area (Å²) in [7, 11) is 0. The summed E-state index contributed by atoms with van der Waals surface area (Å²) in [5, 5.41) is 0. The van der Waals surface area contributed by atoms with Crippen LogP contribution in [-0.4, -0.2) is 23.6 Å². The molecular formula is C11H18O4. The molecule has 0 rings (SSSR count). The van der Waals surface area contributed by atoms with Gasteiger partial charge in [0.1, 0.15) is 0 Å². The molecule has 0 fully saturated rings. The summed E-state index contributed by atoms with van der Waals surface area (Å²) in [5.74, 6) is -1.10. The Morgan fingerprint density at radius 3 is 2.20 bits per heavy atom. The van der Waals surface area contributed by atoms with E-state index >= 15 is 0 Å². The number of allylic oxidation sites excluding steroid dienone is 1. The normalized spacial score (nSPS) is 11.9. The molecule has 0 unspecified atom stereocenters. The Kier molecular flexibility index (Phi) is 5.05. The molecule has 0 aromatic carbocycles. The second kappa shape index (κ2) is 5.53. The smallest absolute Gasteiger partial charge is 0.350 e. The SMILES string of the molecule is CC=CC(=O)OC(C)(C)C(=O)OC(C)C. The number of carbonyl (C=O) groups is 2. The summed E-state index contributed by atoms with van der Waals surface area (Å²) in [6.07, 6.45) is 2.58. The van der Waals surface area contributed by atoms with Crippen molar-refractivity contribution >= 4 is 11.9 Å². The Morgan fingerprint density at radius 1 is 1.27 bits per heavy atom. The first kappa shape index (κ1) is 13.7. The van der Waals surface area contributed by atoms with E-state index in [1.807, 2.05) is 0 Å². The van der Waals surface area contributed by atoms with E-state index in [0.29, 0.717) is 0 Å². The molecule has 0 aromatic heterocycles. The van der Waals surface area contributed by atoms with Gasteiger partial charge in [0.15, 0.2) is 0 Å². The molecule has 0 heterocycles. The molecule has 0 saturated carbocycles. The van der Waals surface area contributed by atoms with Crippen molar-refractivity contribution in [3.8, 4) is 0 Å². The molecular weight excluding hydrogens is 196 g/mol. The monoisotopic (exact) mass is 214 g/mol. The van der Waals surface area contributed by atoms with Gasteiger partial charge in [-0.15, -0.1) is 0 Å². The third kappa shape index (κ3) is 5.20. The van der Waals surface area contributed by atoms with Crippen LogP contribution >= 0.6 is 0 Å². The predicted molar refractivity (Wildman–Crippen MR) is 56.2 cm³/mol. The molecule has 0 atom stereocenters. The zero-order chi connectivity index (χ0) is 12.1. The first-order chi connectivity index (χ1) is 6.79. The van der Waals surface area contributed by atoms with E-state index in [9.17, 15) is 9.59 Å². The van der Waals surface area contributed by atoms with Crippen LogP contribution in [0.15, 0.2) is 12.2 Å². The van der Waals surface area contributed by atoms with Gasteiger partial charge in [-0.1, -0.05) is 6.08 Å². The average molecular weight is 214 g/mol. The minimum Gasteiger partial charge on any atom is -0.460 e. The number of ether oxygens (including phenoxy) is 2. The maximum Gasteiger partial charge on any atom is 0.350 e. The molecule has 4 nitrogen and oxygen atoms in total. The van der Waals surface area contributed by atoms with Crippen molar-refractivity contribution in [1.82, 2.24) is 0 Å².